The number of nitrogens with one attached hydrogen (secondary N) is 1. The Morgan fingerprint density at radius 2 is 1.58 bits per heavy atom. The lowest BCUT2D eigenvalue weighted by molar-refractivity contribution is -0.119. The Balaban J connectivity index is 1.38. The summed E-state index contributed by atoms with van der Waals surface area (Å²) in [6.07, 6.45) is 1.46. The van der Waals surface area contributed by atoms with Gasteiger partial charge in [-0.2, -0.15) is 5.10 Å². The Morgan fingerprint density at radius 1 is 0.868 bits per heavy atom. The van der Waals surface area contributed by atoms with Crippen LogP contribution in [-0.2, 0) is 21.4 Å². The van der Waals surface area contributed by atoms with Gasteiger partial charge in [0, 0.05) is 10.0 Å². The van der Waals surface area contributed by atoms with Crippen molar-refractivity contribution < 1.29 is 17.9 Å². The maximum absolute atomic E-state index is 13.3. The SMILES string of the molecule is O=C(CN(c1ccccc1)S(=O)(=O)c1ccc(Cl)cc1)N/N=C\c1ccc(OCc2cccc(Cl)c2)cc1. The van der Waals surface area contributed by atoms with Gasteiger partial charge in [-0.1, -0.05) is 53.5 Å². The Kier molecular flexibility index (Phi) is 9.02. The molecular weight excluding hydrogens is 545 g/mol. The lowest BCUT2D eigenvalue weighted by Gasteiger charge is -2.23. The van der Waals surface area contributed by atoms with Crippen molar-refractivity contribution >= 4 is 51.0 Å². The number of para-hydroxylation sites is 1. The summed E-state index contributed by atoms with van der Waals surface area (Å²) < 4.78 is 33.4. The van der Waals surface area contributed by atoms with Crippen molar-refractivity contribution in [2.24, 2.45) is 5.10 Å². The molecule has 0 aliphatic rings. The fourth-order valence-corrected chi connectivity index (χ4v) is 5.19. The molecule has 4 aromatic rings. The first kappa shape index (κ1) is 27.2. The van der Waals surface area contributed by atoms with E-state index in [4.69, 9.17) is 27.9 Å². The molecule has 0 saturated heterocycles. The van der Waals surface area contributed by atoms with E-state index in [-0.39, 0.29) is 4.90 Å². The molecular formula is C28H23Cl2N3O4S. The van der Waals surface area contributed by atoms with Crippen LogP contribution in [0.4, 0.5) is 5.69 Å². The summed E-state index contributed by atoms with van der Waals surface area (Å²) in [5, 5.41) is 5.02. The number of amides is 1. The first-order chi connectivity index (χ1) is 18.3. The van der Waals surface area contributed by atoms with Crippen LogP contribution in [0, 0.1) is 0 Å². The van der Waals surface area contributed by atoms with Crippen molar-refractivity contribution in [3.63, 3.8) is 0 Å². The van der Waals surface area contributed by atoms with Crippen molar-refractivity contribution in [1.29, 1.82) is 0 Å². The molecule has 7 nitrogen and oxygen atoms in total. The maximum Gasteiger partial charge on any atom is 0.264 e. The number of sulfonamides is 1. The highest BCUT2D eigenvalue weighted by Crippen LogP contribution is 2.24. The van der Waals surface area contributed by atoms with Crippen molar-refractivity contribution in [2.45, 2.75) is 11.5 Å². The molecule has 0 bridgehead atoms. The zero-order chi connectivity index (χ0) is 27.0. The van der Waals surface area contributed by atoms with E-state index in [0.29, 0.717) is 33.7 Å². The Labute approximate surface area is 231 Å². The minimum Gasteiger partial charge on any atom is -0.489 e. The fourth-order valence-electron chi connectivity index (χ4n) is 3.43. The van der Waals surface area contributed by atoms with Gasteiger partial charge in [0.1, 0.15) is 18.9 Å². The van der Waals surface area contributed by atoms with Crippen LogP contribution in [-0.4, -0.2) is 27.1 Å². The van der Waals surface area contributed by atoms with E-state index in [1.165, 1.54) is 30.5 Å². The molecule has 10 heteroatoms. The number of carbonyl (C=O) groups excluding carboxylic acids is 1. The monoisotopic (exact) mass is 567 g/mol. The number of benzene rings is 4. The molecule has 4 rings (SSSR count). The highest BCUT2D eigenvalue weighted by molar-refractivity contribution is 7.92. The average Bonchev–Trinajstić information content (AvgIpc) is 2.92. The van der Waals surface area contributed by atoms with Crippen LogP contribution >= 0.6 is 23.2 Å². The Morgan fingerprint density at radius 3 is 2.26 bits per heavy atom. The van der Waals surface area contributed by atoms with E-state index in [0.717, 1.165) is 9.87 Å². The molecule has 0 atom stereocenters. The number of hydrogen-bond donors (Lipinski definition) is 1. The third kappa shape index (κ3) is 7.35. The predicted octanol–water partition coefficient (Wildman–Crippen LogP) is 5.92. The largest absolute Gasteiger partial charge is 0.489 e. The van der Waals surface area contributed by atoms with Crippen LogP contribution in [0.1, 0.15) is 11.1 Å². The summed E-state index contributed by atoms with van der Waals surface area (Å²) in [6.45, 7) is -0.0938. The van der Waals surface area contributed by atoms with E-state index in [1.54, 1.807) is 60.7 Å². The normalized spacial score (nSPS) is 11.3. The summed E-state index contributed by atoms with van der Waals surface area (Å²) >= 11 is 11.9. The maximum atomic E-state index is 13.3. The minimum atomic E-state index is -4.04. The van der Waals surface area contributed by atoms with E-state index in [9.17, 15) is 13.2 Å². The van der Waals surface area contributed by atoms with Crippen LogP contribution < -0.4 is 14.5 Å². The summed E-state index contributed by atoms with van der Waals surface area (Å²) in [5.74, 6) is 0.0567. The topological polar surface area (TPSA) is 88.1 Å². The molecule has 0 fully saturated rings. The van der Waals surface area contributed by atoms with E-state index >= 15 is 0 Å². The average molecular weight is 568 g/mol. The van der Waals surface area contributed by atoms with Crippen LogP contribution in [0.25, 0.3) is 0 Å². The fraction of sp³-hybridized carbons (Fsp3) is 0.0714. The molecule has 0 aliphatic carbocycles. The first-order valence-electron chi connectivity index (χ1n) is 11.4. The second-order valence-electron chi connectivity index (χ2n) is 8.08. The molecule has 1 amide bonds. The molecule has 4 aromatic carbocycles. The standard InChI is InChI=1S/C28H23Cl2N3O4S/c29-23-11-15-27(16-12-23)38(35,36)33(25-7-2-1-3-8-25)19-28(34)32-31-18-21-9-13-26(14-10-21)37-20-22-5-4-6-24(30)17-22/h1-18H,19-20H2,(H,32,34)/b31-18-. The van der Waals surface area contributed by atoms with Crippen LogP contribution in [0.3, 0.4) is 0 Å². The lowest BCUT2D eigenvalue weighted by atomic mass is 10.2. The quantitative estimate of drug-likeness (QED) is 0.190. The van der Waals surface area contributed by atoms with E-state index in [1.807, 2.05) is 18.2 Å². The summed E-state index contributed by atoms with van der Waals surface area (Å²) in [6, 6.07) is 28.7. The molecule has 0 saturated carbocycles. The van der Waals surface area contributed by atoms with E-state index in [2.05, 4.69) is 10.5 Å². The van der Waals surface area contributed by atoms with E-state index < -0.39 is 22.5 Å². The zero-order valence-corrected chi connectivity index (χ0v) is 22.3. The van der Waals surface area contributed by atoms with Gasteiger partial charge in [-0.15, -0.1) is 0 Å². The van der Waals surface area contributed by atoms with Crippen molar-refractivity contribution in [1.82, 2.24) is 5.43 Å². The van der Waals surface area contributed by atoms with Gasteiger partial charge in [0.15, 0.2) is 0 Å². The number of ether oxygens (including phenoxy) is 1. The summed E-state index contributed by atoms with van der Waals surface area (Å²) in [4.78, 5) is 12.7. The third-order valence-electron chi connectivity index (χ3n) is 5.31. The zero-order valence-electron chi connectivity index (χ0n) is 20.0. The third-order valence-corrected chi connectivity index (χ3v) is 7.59. The Hall–Kier alpha value is -3.85. The first-order valence-corrected chi connectivity index (χ1v) is 13.6. The van der Waals surface area contributed by atoms with Crippen LogP contribution in [0.15, 0.2) is 113 Å². The van der Waals surface area contributed by atoms with Crippen LogP contribution in [0.2, 0.25) is 10.0 Å². The number of carbonyl (C=O) groups is 1. The molecule has 0 aliphatic heterocycles. The summed E-state index contributed by atoms with van der Waals surface area (Å²) in [5.41, 5.74) is 4.40. The van der Waals surface area contributed by atoms with Gasteiger partial charge >= 0.3 is 0 Å². The predicted molar refractivity (Wildman–Crippen MR) is 150 cm³/mol. The number of anilines is 1. The molecule has 0 aromatic heterocycles. The van der Waals surface area contributed by atoms with Crippen LogP contribution in [0.5, 0.6) is 5.75 Å². The molecule has 0 heterocycles. The molecule has 194 valence electrons. The minimum absolute atomic E-state index is 0.0136. The molecule has 38 heavy (non-hydrogen) atoms. The second-order valence-corrected chi connectivity index (χ2v) is 10.8. The molecule has 1 N–H and O–H groups in total. The molecule has 0 radical (unpaired) electrons. The second kappa shape index (κ2) is 12.6. The molecule has 0 unspecified atom stereocenters. The van der Waals surface area contributed by atoms with Gasteiger partial charge in [0.25, 0.3) is 15.9 Å². The van der Waals surface area contributed by atoms with Crippen molar-refractivity contribution in [3.05, 3.63) is 124 Å². The van der Waals surface area contributed by atoms with Gasteiger partial charge in [0.2, 0.25) is 0 Å². The van der Waals surface area contributed by atoms with Gasteiger partial charge in [-0.05, 0) is 83.9 Å². The number of hydrazone groups is 1. The number of rotatable bonds is 10. The Bertz CT molecular complexity index is 1510. The van der Waals surface area contributed by atoms with Gasteiger partial charge in [-0.3, -0.25) is 9.10 Å². The molecule has 0 spiro atoms. The highest BCUT2D eigenvalue weighted by atomic mass is 35.5. The van der Waals surface area contributed by atoms with Gasteiger partial charge in [-0.25, -0.2) is 13.8 Å². The summed E-state index contributed by atoms with van der Waals surface area (Å²) in [7, 11) is -4.04. The highest BCUT2D eigenvalue weighted by Gasteiger charge is 2.27. The van der Waals surface area contributed by atoms with Crippen molar-refractivity contribution in [2.75, 3.05) is 10.8 Å². The number of halogens is 2. The van der Waals surface area contributed by atoms with Crippen molar-refractivity contribution in [3.8, 4) is 5.75 Å². The van der Waals surface area contributed by atoms with Gasteiger partial charge < -0.3 is 4.74 Å². The number of nitrogens with zero attached hydrogens (tertiary/aromatic N) is 2. The lowest BCUT2D eigenvalue weighted by Crippen LogP contribution is -2.39. The number of hydrogen-bond acceptors (Lipinski definition) is 5. The van der Waals surface area contributed by atoms with Gasteiger partial charge in [0.05, 0.1) is 16.8 Å². The smallest absolute Gasteiger partial charge is 0.264 e.